The number of esters is 3. The number of hydrogen-bond donors (Lipinski definition) is 12. The van der Waals surface area contributed by atoms with E-state index in [1.807, 2.05) is 119 Å². The number of nitrogens with one attached hydrogen (secondary N) is 5. The van der Waals surface area contributed by atoms with Crippen molar-refractivity contribution in [2.75, 3.05) is 149 Å². The molecular weight excluding hydrogens is 1750 g/mol. The number of likely N-dealkylation sites (N-methyl/N-ethyl adjacent to an activating group) is 2. The molecule has 2 rings (SSSR count). The number of carbonyl (C=O) groups is 12. The summed E-state index contributed by atoms with van der Waals surface area (Å²) in [6.45, 7) is 21.7. The highest BCUT2D eigenvalue weighted by molar-refractivity contribution is 7.80. The number of aliphatic hydroxyl groups is 5. The Morgan fingerprint density at radius 1 is 0.500 bits per heavy atom. The van der Waals surface area contributed by atoms with Gasteiger partial charge >= 0.3 is 30.0 Å². The molecule has 766 valence electrons. The molecule has 1 aromatic carbocycles. The molecule has 1 aliphatic rings. The Bertz CT molecular complexity index is 3280. The van der Waals surface area contributed by atoms with E-state index in [4.69, 9.17) is 96.6 Å². The lowest BCUT2D eigenvalue weighted by Gasteiger charge is -2.40. The maximum absolute atomic E-state index is 14.6. The number of benzene rings is 1. The van der Waals surface area contributed by atoms with Crippen LogP contribution in [0.15, 0.2) is 30.3 Å². The van der Waals surface area contributed by atoms with Gasteiger partial charge in [-0.2, -0.15) is 12.6 Å². The first kappa shape index (κ1) is 127. The molecule has 41 heteroatoms. The van der Waals surface area contributed by atoms with Gasteiger partial charge in [0.2, 0.25) is 35.4 Å². The first-order valence-electron chi connectivity index (χ1n) is 45.7. The Kier molecular flexibility index (Phi) is 72.6. The number of carboxylic acids is 1. The van der Waals surface area contributed by atoms with Crippen molar-refractivity contribution in [1.82, 2.24) is 36.4 Å². The van der Waals surface area contributed by atoms with E-state index >= 15 is 0 Å². The number of hydrogen-bond acceptors (Lipinski definition) is 34. The van der Waals surface area contributed by atoms with Crippen molar-refractivity contribution in [3.8, 4) is 0 Å². The summed E-state index contributed by atoms with van der Waals surface area (Å²) in [6, 6.07) is 5.54. The van der Waals surface area contributed by atoms with Crippen molar-refractivity contribution in [3.05, 3.63) is 35.9 Å². The van der Waals surface area contributed by atoms with Crippen LogP contribution in [0.4, 0.5) is 4.79 Å². The minimum absolute atomic E-state index is 0.00955. The van der Waals surface area contributed by atoms with E-state index in [1.165, 1.54) is 42.5 Å². The van der Waals surface area contributed by atoms with E-state index < -0.39 is 133 Å². The normalized spacial score (nSPS) is 16.8. The van der Waals surface area contributed by atoms with Crippen LogP contribution >= 0.6 is 12.6 Å². The lowest BCUT2D eigenvalue weighted by molar-refractivity contribution is -0.194. The van der Waals surface area contributed by atoms with Crippen LogP contribution in [0.2, 0.25) is 0 Å². The molecule has 40 nitrogen and oxygen atoms in total. The van der Waals surface area contributed by atoms with Gasteiger partial charge in [0.05, 0.1) is 101 Å². The van der Waals surface area contributed by atoms with Gasteiger partial charge in [0.1, 0.15) is 50.3 Å². The van der Waals surface area contributed by atoms with Crippen LogP contribution in [0.1, 0.15) is 198 Å². The minimum Gasteiger partial charge on any atom is -0.481 e. The summed E-state index contributed by atoms with van der Waals surface area (Å²) in [5, 5.41) is 67.1. The molecule has 10 unspecified atom stereocenters. The predicted octanol–water partition coefficient (Wildman–Crippen LogP) is 5.00. The van der Waals surface area contributed by atoms with Crippen LogP contribution < -0.4 is 26.6 Å². The summed E-state index contributed by atoms with van der Waals surface area (Å²) in [4.78, 5) is 156. The molecule has 1 aromatic rings. The fourth-order valence-corrected chi connectivity index (χ4v) is 13.9. The lowest BCUT2D eigenvalue weighted by atomic mass is 9.79. The second kappa shape index (κ2) is 75.7. The van der Waals surface area contributed by atoms with Gasteiger partial charge in [-0.1, -0.05) is 119 Å². The molecule has 1 saturated carbocycles. The highest BCUT2D eigenvalue weighted by atomic mass is 32.1. The molecule has 1 fully saturated rings. The number of nitrogens with zero attached hydrogens (tertiary/aromatic N) is 2. The monoisotopic (exact) mass is 1910 g/mol. The molecule has 0 radical (unpaired) electrons. The Morgan fingerprint density at radius 2 is 1.01 bits per heavy atom. The van der Waals surface area contributed by atoms with Crippen molar-refractivity contribution >= 4 is 83.9 Å². The predicted molar refractivity (Wildman–Crippen MR) is 490 cm³/mol. The number of amides is 6. The summed E-state index contributed by atoms with van der Waals surface area (Å²) in [7, 11) is 14.1. The third-order valence-corrected chi connectivity index (χ3v) is 22.0. The van der Waals surface area contributed by atoms with E-state index in [1.54, 1.807) is 26.0 Å². The summed E-state index contributed by atoms with van der Waals surface area (Å²) in [5.74, 6) is -6.07. The highest BCUT2D eigenvalue weighted by Gasteiger charge is 2.45. The molecule has 0 saturated heterocycles. The molecular formula is C91H163N7O33S. The van der Waals surface area contributed by atoms with Gasteiger partial charge in [-0.25, -0.2) is 9.59 Å². The van der Waals surface area contributed by atoms with Crippen molar-refractivity contribution in [1.29, 1.82) is 0 Å². The van der Waals surface area contributed by atoms with Crippen molar-refractivity contribution in [3.63, 3.8) is 0 Å². The third-order valence-electron chi connectivity index (χ3n) is 21.7. The van der Waals surface area contributed by atoms with Gasteiger partial charge in [-0.05, 0) is 108 Å². The van der Waals surface area contributed by atoms with Gasteiger partial charge in [0.25, 0.3) is 0 Å². The van der Waals surface area contributed by atoms with Crippen LogP contribution in [-0.4, -0.2) is 352 Å². The van der Waals surface area contributed by atoms with Crippen LogP contribution in [-0.2, 0) is 130 Å². The van der Waals surface area contributed by atoms with E-state index in [9.17, 15) is 62.6 Å². The second-order valence-electron chi connectivity index (χ2n) is 32.6. The van der Waals surface area contributed by atoms with Crippen LogP contribution in [0.3, 0.4) is 0 Å². The quantitative estimate of drug-likeness (QED) is 0.0134. The number of Topliss-reactive ketones (excluding diaryl/α,β-unsaturated/α-hetero) is 1. The first-order chi connectivity index (χ1) is 62.8. The molecule has 0 aliphatic heterocycles. The van der Waals surface area contributed by atoms with Crippen LogP contribution in [0.25, 0.3) is 0 Å². The average molecular weight is 1920 g/mol. The van der Waals surface area contributed by atoms with Gasteiger partial charge < -0.3 is 133 Å². The molecule has 1 aliphatic carbocycles. The number of ketones is 1. The molecule has 11 N–H and O–H groups in total. The fourth-order valence-electron chi connectivity index (χ4n) is 13.8. The van der Waals surface area contributed by atoms with E-state index in [-0.39, 0.29) is 202 Å². The Morgan fingerprint density at radius 3 is 1.45 bits per heavy atom. The Balaban J connectivity index is 0. The number of carboxylic acid groups (broad SMARTS) is 1. The van der Waals surface area contributed by atoms with Gasteiger partial charge in [0.15, 0.2) is 25.2 Å². The number of aliphatic hydroxyl groups excluding tert-OH is 5. The van der Waals surface area contributed by atoms with Crippen molar-refractivity contribution in [2.45, 2.75) is 291 Å². The molecule has 132 heavy (non-hydrogen) atoms. The molecule has 6 amide bonds. The zero-order valence-electron chi connectivity index (χ0n) is 82.0. The summed E-state index contributed by atoms with van der Waals surface area (Å²) < 4.78 is 78.4. The third kappa shape index (κ3) is 53.8. The number of carbonyl (C=O) groups excluding carboxylic acids is 11. The zero-order chi connectivity index (χ0) is 100. The zero-order valence-corrected chi connectivity index (χ0v) is 82.9. The molecule has 0 bridgehead atoms. The average Bonchev–Trinajstić information content (AvgIpc) is 1.67. The van der Waals surface area contributed by atoms with Crippen LogP contribution in [0, 0.1) is 35.5 Å². The van der Waals surface area contributed by atoms with Gasteiger partial charge in [-0.3, -0.25) is 52.8 Å². The second-order valence-corrected chi connectivity index (χ2v) is 33.1. The van der Waals surface area contributed by atoms with E-state index in [0.29, 0.717) is 57.2 Å². The number of aliphatic carboxylic acids is 1. The number of ether oxygens (including phenoxy) is 15. The SMILES string of the molecule is CCC(CO)OC(CO)OC.CCC(CO)OC(COC(=O)CCCC(=O)NC(C)C(=O)OCCCNC(=O)[C@H](Cc1ccccc1)NC(=O)[C@H](C)[C@@H](OC)[C@@H]1CCCC1C(=O)C[C@@H](OC)[C@H]([C@@H](C)CC)N(C)C(=O)[C@@H](NC(=O)[C@H](C(C)C)N(C)C)C(C)C)OC.CCC(CO)OC(COC(=O)CCCC(=O)O)OC.CCC(CO)OC(COC(=O)OCCC(=O)NCCS)OC. The molecule has 0 aromatic heterocycles. The minimum atomic E-state index is -0.986. The molecule has 0 spiro atoms. The molecule has 0 heterocycles. The van der Waals surface area contributed by atoms with Gasteiger partial charge in [0, 0.05) is 113 Å². The lowest BCUT2D eigenvalue weighted by Crippen LogP contribution is -2.59. The van der Waals surface area contributed by atoms with Gasteiger partial charge in [-0.15, -0.1) is 0 Å². The van der Waals surface area contributed by atoms with E-state index in [2.05, 4.69) is 39.2 Å². The standard InChI is InChI=1S/C59H100N6O15.C13H25NO7S.C12H22O7.C7H16O4/c1-16-38(7)53(65(12)58(73)51(36(3)4)63-57(72)52(37(5)6)64(10)11)47(75-13)33-46(67)43-26-21-27-44(43)54(77-15)39(8)55(70)62-45(32-41-24-19-18-20-25-41)56(71)60-30-23-31-78-59(74)40(9)61-48(68)28-22-29-49(69)79-35-50(76-14)80-42(17-2)34-66;1-3-10(8-15)21-12(18-2)9-20-13(17)19-6-4-11(16)14-5-7-22;1-3-9(7-13)19-12(17-2)8-18-11(16)6-4-5-10(14)15;1-3-6(4-8)11-7(5-9)10-2/h18-20,24-25,36-40,42-45,47,50-54,66H,16-17,21-23,26-35H2,1-15H3,(H,60,71)(H,61,68)(H,62,70)(H,63,72);10,12,15,22H,3-9H2,1-2H3,(H,14,16);9,12-13H,3-8H2,1-2H3,(H,14,15);6-9H,3-5H2,1-2H3/t38-,39+,40?,42?,43?,44+,45-,47+,50?,51-,52-,53-,54+;;;/m0.../s1. The maximum atomic E-state index is 14.6. The van der Waals surface area contributed by atoms with Crippen LogP contribution in [0.5, 0.6) is 0 Å². The fraction of sp³-hybridized carbons (Fsp3) is 0.802. The topological polar surface area (TPSA) is 531 Å². The van der Waals surface area contributed by atoms with Crippen molar-refractivity contribution < 1.29 is 159 Å². The number of thiol groups is 1. The highest BCUT2D eigenvalue weighted by Crippen LogP contribution is 2.40. The molecule has 19 atom stereocenters. The largest absolute Gasteiger partial charge is 0.508 e. The Labute approximate surface area is 786 Å². The maximum Gasteiger partial charge on any atom is 0.508 e. The summed E-state index contributed by atoms with van der Waals surface area (Å²) in [5.41, 5.74) is 0.810. The van der Waals surface area contributed by atoms with E-state index in [0.717, 1.165) is 12.0 Å². The first-order valence-corrected chi connectivity index (χ1v) is 46.3. The number of methoxy groups -OCH3 is 6. The summed E-state index contributed by atoms with van der Waals surface area (Å²) >= 11 is 3.95. The Hall–Kier alpha value is -7.43. The number of rotatable bonds is 68. The van der Waals surface area contributed by atoms with Crippen molar-refractivity contribution in [2.24, 2.45) is 35.5 Å². The smallest absolute Gasteiger partial charge is 0.481 e. The summed E-state index contributed by atoms with van der Waals surface area (Å²) in [6.07, 6.45) is -0.797.